The maximum absolute atomic E-state index is 11.8. The third kappa shape index (κ3) is 2.33. The molecule has 0 saturated carbocycles. The van der Waals surface area contributed by atoms with Gasteiger partial charge in [0.2, 0.25) is 5.88 Å². The zero-order valence-electron chi connectivity index (χ0n) is 8.70. The van der Waals surface area contributed by atoms with Gasteiger partial charge in [-0.1, -0.05) is 5.16 Å². The lowest BCUT2D eigenvalue weighted by Crippen LogP contribution is -2.09. The van der Waals surface area contributed by atoms with Gasteiger partial charge in [0.25, 0.3) is 5.91 Å². The Hall–Kier alpha value is -1.14. The first-order chi connectivity index (χ1) is 7.56. The van der Waals surface area contributed by atoms with Gasteiger partial charge >= 0.3 is 0 Å². The third-order valence-corrected chi connectivity index (χ3v) is 4.08. The van der Waals surface area contributed by atoms with Gasteiger partial charge in [0.05, 0.1) is 14.4 Å². The molecule has 0 unspecified atom stereocenters. The number of carbonyl (C=O) groups excluding carboxylic acids is 1. The molecule has 0 bridgehead atoms. The first-order valence-electron chi connectivity index (χ1n) is 4.57. The van der Waals surface area contributed by atoms with E-state index in [4.69, 9.17) is 4.52 Å². The molecule has 2 aromatic rings. The molecule has 1 N–H and O–H groups in total. The summed E-state index contributed by atoms with van der Waals surface area (Å²) in [6.07, 6.45) is 0. The number of anilines is 1. The number of halogens is 1. The number of nitrogens with zero attached hydrogens (tertiary/aromatic N) is 1. The van der Waals surface area contributed by atoms with E-state index in [-0.39, 0.29) is 5.91 Å². The summed E-state index contributed by atoms with van der Waals surface area (Å²) >= 11 is 4.77. The lowest BCUT2D eigenvalue weighted by atomic mass is 10.3. The minimum atomic E-state index is -0.185. The van der Waals surface area contributed by atoms with Crippen molar-refractivity contribution in [3.63, 3.8) is 0 Å². The molecule has 0 spiro atoms. The van der Waals surface area contributed by atoms with E-state index in [2.05, 4.69) is 26.4 Å². The maximum Gasteiger partial charge on any atom is 0.268 e. The summed E-state index contributed by atoms with van der Waals surface area (Å²) in [6.45, 7) is 3.74. The van der Waals surface area contributed by atoms with Crippen molar-refractivity contribution < 1.29 is 9.32 Å². The standard InChI is InChI=1S/C10H9BrN2O2S/c1-5-3-7(16-9(5)11)10(14)12-8-4-6(2)13-15-8/h3-4H,1-2H3,(H,12,14). The zero-order valence-corrected chi connectivity index (χ0v) is 11.1. The number of amides is 1. The molecule has 0 aliphatic carbocycles. The lowest BCUT2D eigenvalue weighted by Gasteiger charge is -1.96. The van der Waals surface area contributed by atoms with Gasteiger partial charge in [-0.3, -0.25) is 10.1 Å². The molecule has 0 aliphatic heterocycles. The van der Waals surface area contributed by atoms with Crippen molar-refractivity contribution in [2.45, 2.75) is 13.8 Å². The van der Waals surface area contributed by atoms with Gasteiger partial charge in [0.1, 0.15) is 0 Å². The summed E-state index contributed by atoms with van der Waals surface area (Å²) in [6, 6.07) is 3.50. The normalized spacial score (nSPS) is 10.4. The number of aromatic nitrogens is 1. The number of aryl methyl sites for hydroxylation is 2. The second-order valence-electron chi connectivity index (χ2n) is 3.35. The van der Waals surface area contributed by atoms with Crippen LogP contribution in [-0.4, -0.2) is 11.1 Å². The molecule has 84 valence electrons. The Balaban J connectivity index is 2.14. The van der Waals surface area contributed by atoms with Crippen LogP contribution in [-0.2, 0) is 0 Å². The largest absolute Gasteiger partial charge is 0.338 e. The van der Waals surface area contributed by atoms with Gasteiger partial charge in [0, 0.05) is 6.07 Å². The average molecular weight is 301 g/mol. The number of thiophene rings is 1. The third-order valence-electron chi connectivity index (χ3n) is 1.95. The number of nitrogens with one attached hydrogen (secondary N) is 1. The smallest absolute Gasteiger partial charge is 0.268 e. The van der Waals surface area contributed by atoms with Gasteiger partial charge in [-0.15, -0.1) is 11.3 Å². The van der Waals surface area contributed by atoms with Crippen molar-refractivity contribution in [2.75, 3.05) is 5.32 Å². The summed E-state index contributed by atoms with van der Waals surface area (Å²) in [5.41, 5.74) is 1.78. The highest BCUT2D eigenvalue weighted by molar-refractivity contribution is 9.11. The van der Waals surface area contributed by atoms with Crippen LogP contribution in [0.3, 0.4) is 0 Å². The molecule has 2 aromatic heterocycles. The molecule has 2 heterocycles. The predicted octanol–water partition coefficient (Wildman–Crippen LogP) is 3.37. The molecule has 2 rings (SSSR count). The molecule has 4 nitrogen and oxygen atoms in total. The average Bonchev–Trinajstić information content (AvgIpc) is 2.75. The maximum atomic E-state index is 11.8. The quantitative estimate of drug-likeness (QED) is 0.925. The predicted molar refractivity (Wildman–Crippen MR) is 65.9 cm³/mol. The Morgan fingerprint density at radius 2 is 2.25 bits per heavy atom. The molecular weight excluding hydrogens is 292 g/mol. The molecule has 0 radical (unpaired) electrons. The van der Waals surface area contributed by atoms with Crippen LogP contribution in [0.4, 0.5) is 5.88 Å². The Kier molecular flexibility index (Phi) is 3.11. The molecule has 0 aliphatic rings. The Labute approximate surface area is 105 Å². The van der Waals surface area contributed by atoms with Crippen molar-refractivity contribution >= 4 is 39.1 Å². The Morgan fingerprint density at radius 1 is 1.50 bits per heavy atom. The molecule has 0 saturated heterocycles. The van der Waals surface area contributed by atoms with Crippen LogP contribution in [0.5, 0.6) is 0 Å². The van der Waals surface area contributed by atoms with Gasteiger partial charge in [-0.2, -0.15) is 0 Å². The van der Waals surface area contributed by atoms with Crippen molar-refractivity contribution in [3.05, 3.63) is 32.1 Å². The van der Waals surface area contributed by atoms with E-state index in [1.165, 1.54) is 11.3 Å². The van der Waals surface area contributed by atoms with Crippen LogP contribution in [0.2, 0.25) is 0 Å². The van der Waals surface area contributed by atoms with E-state index >= 15 is 0 Å². The molecular formula is C10H9BrN2O2S. The van der Waals surface area contributed by atoms with Crippen LogP contribution in [0, 0.1) is 13.8 Å². The van der Waals surface area contributed by atoms with Crippen molar-refractivity contribution in [2.24, 2.45) is 0 Å². The fraction of sp³-hybridized carbons (Fsp3) is 0.200. The van der Waals surface area contributed by atoms with Crippen molar-refractivity contribution in [1.29, 1.82) is 0 Å². The lowest BCUT2D eigenvalue weighted by molar-refractivity contribution is 0.102. The molecule has 0 aromatic carbocycles. The van der Waals surface area contributed by atoms with E-state index < -0.39 is 0 Å². The minimum absolute atomic E-state index is 0.185. The molecule has 0 fully saturated rings. The number of rotatable bonds is 2. The summed E-state index contributed by atoms with van der Waals surface area (Å²) in [7, 11) is 0. The van der Waals surface area contributed by atoms with Crippen LogP contribution in [0.1, 0.15) is 20.9 Å². The summed E-state index contributed by atoms with van der Waals surface area (Å²) in [4.78, 5) is 12.4. The Bertz CT molecular complexity index is 513. The van der Waals surface area contributed by atoms with Gasteiger partial charge in [-0.25, -0.2) is 0 Å². The SMILES string of the molecule is Cc1cc(NC(=O)c2cc(C)c(Br)s2)on1. The van der Waals surface area contributed by atoms with Crippen molar-refractivity contribution in [3.8, 4) is 0 Å². The first-order valence-corrected chi connectivity index (χ1v) is 6.18. The van der Waals surface area contributed by atoms with Crippen molar-refractivity contribution in [1.82, 2.24) is 5.16 Å². The molecule has 0 atom stereocenters. The van der Waals surface area contributed by atoms with Crippen LogP contribution in [0.25, 0.3) is 0 Å². The topological polar surface area (TPSA) is 55.1 Å². The summed E-state index contributed by atoms with van der Waals surface area (Å²) < 4.78 is 5.87. The van der Waals surface area contributed by atoms with Gasteiger partial charge in [0.15, 0.2) is 0 Å². The first kappa shape index (κ1) is 11.3. The molecule has 6 heteroatoms. The number of hydrogen-bond acceptors (Lipinski definition) is 4. The summed E-state index contributed by atoms with van der Waals surface area (Å²) in [5.74, 6) is 0.180. The van der Waals surface area contributed by atoms with Gasteiger partial charge < -0.3 is 4.52 Å². The fourth-order valence-electron chi connectivity index (χ4n) is 1.17. The zero-order chi connectivity index (χ0) is 11.7. The van der Waals surface area contributed by atoms with E-state index in [9.17, 15) is 4.79 Å². The summed E-state index contributed by atoms with van der Waals surface area (Å²) in [5, 5.41) is 6.33. The highest BCUT2D eigenvalue weighted by Crippen LogP contribution is 2.27. The van der Waals surface area contributed by atoms with E-state index in [1.807, 2.05) is 13.0 Å². The minimum Gasteiger partial charge on any atom is -0.338 e. The van der Waals surface area contributed by atoms with Gasteiger partial charge in [-0.05, 0) is 41.4 Å². The second-order valence-corrected chi connectivity index (χ2v) is 5.72. The van der Waals surface area contributed by atoms with E-state index in [0.29, 0.717) is 10.8 Å². The van der Waals surface area contributed by atoms with Crippen LogP contribution in [0.15, 0.2) is 20.4 Å². The number of hydrogen-bond donors (Lipinski definition) is 1. The van der Waals surface area contributed by atoms with Crippen LogP contribution < -0.4 is 5.32 Å². The highest BCUT2D eigenvalue weighted by atomic mass is 79.9. The van der Waals surface area contributed by atoms with Crippen LogP contribution >= 0.6 is 27.3 Å². The molecule has 1 amide bonds. The second kappa shape index (κ2) is 4.39. The Morgan fingerprint density at radius 3 is 2.75 bits per heavy atom. The van der Waals surface area contributed by atoms with E-state index in [1.54, 1.807) is 13.0 Å². The number of carbonyl (C=O) groups is 1. The monoisotopic (exact) mass is 300 g/mol. The van der Waals surface area contributed by atoms with E-state index in [0.717, 1.165) is 15.0 Å². The molecule has 16 heavy (non-hydrogen) atoms. The highest BCUT2D eigenvalue weighted by Gasteiger charge is 2.13. The fourth-order valence-corrected chi connectivity index (χ4v) is 2.60.